The first-order valence-electron chi connectivity index (χ1n) is 4.96. The average Bonchev–Trinajstić information content (AvgIpc) is 2.93. The third kappa shape index (κ3) is 2.00. The molecule has 0 unspecified atom stereocenters. The molecule has 0 N–H and O–H groups in total. The predicted molar refractivity (Wildman–Crippen MR) is 52.8 cm³/mol. The van der Waals surface area contributed by atoms with Crippen LogP contribution in [0.2, 0.25) is 0 Å². The van der Waals surface area contributed by atoms with E-state index in [-0.39, 0.29) is 11.6 Å². The summed E-state index contributed by atoms with van der Waals surface area (Å²) in [6.07, 6.45) is 2.89. The molecule has 0 saturated heterocycles. The number of hydrogen-bond acceptors (Lipinski definition) is 1. The van der Waals surface area contributed by atoms with Crippen LogP contribution in [0.4, 0.5) is 4.39 Å². The molecule has 1 aliphatic rings. The number of halogens is 1. The Morgan fingerprint density at radius 2 is 2.21 bits per heavy atom. The van der Waals surface area contributed by atoms with Crippen LogP contribution >= 0.6 is 0 Å². The van der Waals surface area contributed by atoms with Gasteiger partial charge in [0.25, 0.3) is 0 Å². The van der Waals surface area contributed by atoms with Crippen molar-refractivity contribution in [3.8, 4) is 0 Å². The number of ketones is 1. The normalized spacial score (nSPS) is 15.6. The lowest BCUT2D eigenvalue weighted by molar-refractivity contribution is 0.0975. The van der Waals surface area contributed by atoms with Crippen LogP contribution in [-0.4, -0.2) is 5.78 Å². The van der Waals surface area contributed by atoms with Gasteiger partial charge in [0.05, 0.1) is 0 Å². The minimum Gasteiger partial charge on any atom is -0.294 e. The molecule has 0 aliphatic heterocycles. The van der Waals surface area contributed by atoms with Crippen LogP contribution in [0.25, 0.3) is 0 Å². The lowest BCUT2D eigenvalue weighted by Crippen LogP contribution is -2.01. The monoisotopic (exact) mass is 192 g/mol. The molecule has 1 nitrogen and oxygen atoms in total. The molecule has 1 fully saturated rings. The van der Waals surface area contributed by atoms with Gasteiger partial charge in [-0.1, -0.05) is 12.1 Å². The van der Waals surface area contributed by atoms with Gasteiger partial charge in [-0.05, 0) is 37.3 Å². The van der Waals surface area contributed by atoms with Gasteiger partial charge in [-0.15, -0.1) is 0 Å². The van der Waals surface area contributed by atoms with E-state index >= 15 is 0 Å². The topological polar surface area (TPSA) is 17.1 Å². The van der Waals surface area contributed by atoms with Gasteiger partial charge in [0.15, 0.2) is 5.78 Å². The van der Waals surface area contributed by atoms with Crippen molar-refractivity contribution < 1.29 is 9.18 Å². The molecule has 74 valence electrons. The van der Waals surface area contributed by atoms with Gasteiger partial charge in [-0.3, -0.25) is 4.79 Å². The van der Waals surface area contributed by atoms with E-state index in [1.165, 1.54) is 6.07 Å². The fourth-order valence-electron chi connectivity index (χ4n) is 1.47. The highest BCUT2D eigenvalue weighted by Crippen LogP contribution is 2.33. The molecule has 0 radical (unpaired) electrons. The van der Waals surface area contributed by atoms with Gasteiger partial charge < -0.3 is 0 Å². The van der Waals surface area contributed by atoms with E-state index in [4.69, 9.17) is 0 Å². The van der Waals surface area contributed by atoms with E-state index in [2.05, 4.69) is 0 Å². The molecule has 0 bridgehead atoms. The van der Waals surface area contributed by atoms with E-state index in [0.717, 1.165) is 12.8 Å². The first-order chi connectivity index (χ1) is 6.66. The highest BCUT2D eigenvalue weighted by atomic mass is 19.1. The number of carbonyl (C=O) groups is 1. The van der Waals surface area contributed by atoms with E-state index in [0.29, 0.717) is 23.5 Å². The molecular weight excluding hydrogens is 179 g/mol. The molecule has 2 heteroatoms. The molecule has 1 aromatic rings. The lowest BCUT2D eigenvalue weighted by atomic mass is 10.0. The molecule has 2 rings (SSSR count). The Balaban J connectivity index is 2.14. The number of rotatable bonds is 3. The molecule has 0 spiro atoms. The van der Waals surface area contributed by atoms with Crippen molar-refractivity contribution in [3.05, 3.63) is 35.1 Å². The Morgan fingerprint density at radius 1 is 1.50 bits per heavy atom. The zero-order valence-electron chi connectivity index (χ0n) is 8.22. The summed E-state index contributed by atoms with van der Waals surface area (Å²) >= 11 is 0. The lowest BCUT2D eigenvalue weighted by Gasteiger charge is -2.01. The standard InChI is InChI=1S/C12H13FO/c1-8-2-5-10(7-11(8)13)12(14)6-9-3-4-9/h2,5,7,9H,3-4,6H2,1H3. The molecule has 1 aliphatic carbocycles. The van der Waals surface area contributed by atoms with E-state index < -0.39 is 0 Å². The Hall–Kier alpha value is -1.18. The number of aryl methyl sites for hydroxylation is 1. The predicted octanol–water partition coefficient (Wildman–Crippen LogP) is 3.12. The van der Waals surface area contributed by atoms with Gasteiger partial charge >= 0.3 is 0 Å². The van der Waals surface area contributed by atoms with Gasteiger partial charge in [-0.2, -0.15) is 0 Å². The minimum atomic E-state index is -0.286. The quantitative estimate of drug-likeness (QED) is 0.672. The van der Waals surface area contributed by atoms with Crippen LogP contribution in [0.5, 0.6) is 0 Å². The van der Waals surface area contributed by atoms with Crippen LogP contribution in [-0.2, 0) is 0 Å². The summed E-state index contributed by atoms with van der Waals surface area (Å²) in [5, 5.41) is 0. The number of benzene rings is 1. The van der Waals surface area contributed by atoms with Crippen molar-refractivity contribution in [1.29, 1.82) is 0 Å². The number of carbonyl (C=O) groups excluding carboxylic acids is 1. The van der Waals surface area contributed by atoms with Crippen LogP contribution < -0.4 is 0 Å². The van der Waals surface area contributed by atoms with E-state index in [1.54, 1.807) is 19.1 Å². The average molecular weight is 192 g/mol. The van der Waals surface area contributed by atoms with Crippen molar-refractivity contribution in [2.45, 2.75) is 26.2 Å². The molecular formula is C12H13FO. The minimum absolute atomic E-state index is 0.0754. The maximum Gasteiger partial charge on any atom is 0.163 e. The van der Waals surface area contributed by atoms with Crippen molar-refractivity contribution in [1.82, 2.24) is 0 Å². The second-order valence-corrected chi connectivity index (χ2v) is 4.03. The van der Waals surface area contributed by atoms with E-state index in [1.807, 2.05) is 0 Å². The molecule has 0 aromatic heterocycles. The third-order valence-electron chi connectivity index (χ3n) is 2.66. The largest absolute Gasteiger partial charge is 0.294 e. The van der Waals surface area contributed by atoms with Crippen molar-refractivity contribution in [3.63, 3.8) is 0 Å². The maximum absolute atomic E-state index is 13.1. The van der Waals surface area contributed by atoms with E-state index in [9.17, 15) is 9.18 Å². The Labute approximate surface area is 82.9 Å². The van der Waals surface area contributed by atoms with Gasteiger partial charge in [0.2, 0.25) is 0 Å². The molecule has 0 amide bonds. The summed E-state index contributed by atoms with van der Waals surface area (Å²) in [6.45, 7) is 1.70. The Kier molecular flexibility index (Phi) is 2.36. The summed E-state index contributed by atoms with van der Waals surface area (Å²) in [6, 6.07) is 4.72. The number of Topliss-reactive ketones (excluding diaryl/α,β-unsaturated/α-hetero) is 1. The third-order valence-corrected chi connectivity index (χ3v) is 2.66. The Morgan fingerprint density at radius 3 is 2.79 bits per heavy atom. The van der Waals surface area contributed by atoms with Crippen molar-refractivity contribution >= 4 is 5.78 Å². The summed E-state index contributed by atoms with van der Waals surface area (Å²) in [4.78, 5) is 11.6. The summed E-state index contributed by atoms with van der Waals surface area (Å²) in [7, 11) is 0. The molecule has 0 atom stereocenters. The van der Waals surface area contributed by atoms with Gasteiger partial charge in [0, 0.05) is 12.0 Å². The highest BCUT2D eigenvalue weighted by Gasteiger charge is 2.24. The fourth-order valence-corrected chi connectivity index (χ4v) is 1.47. The summed E-state index contributed by atoms with van der Waals surface area (Å²) in [5.41, 5.74) is 1.10. The smallest absolute Gasteiger partial charge is 0.163 e. The summed E-state index contributed by atoms with van der Waals surface area (Å²) < 4.78 is 13.1. The first-order valence-corrected chi connectivity index (χ1v) is 4.96. The van der Waals surface area contributed by atoms with Crippen LogP contribution in [0.3, 0.4) is 0 Å². The molecule has 14 heavy (non-hydrogen) atoms. The first kappa shape index (κ1) is 9.38. The highest BCUT2D eigenvalue weighted by molar-refractivity contribution is 5.96. The van der Waals surface area contributed by atoms with Crippen LogP contribution in [0.15, 0.2) is 18.2 Å². The number of hydrogen-bond donors (Lipinski definition) is 0. The molecule has 1 saturated carbocycles. The summed E-state index contributed by atoms with van der Waals surface area (Å²) in [5.74, 6) is 0.352. The van der Waals surface area contributed by atoms with Crippen molar-refractivity contribution in [2.24, 2.45) is 5.92 Å². The Bertz CT molecular complexity index is 367. The maximum atomic E-state index is 13.1. The van der Waals surface area contributed by atoms with Gasteiger partial charge in [-0.25, -0.2) is 4.39 Å². The van der Waals surface area contributed by atoms with Crippen LogP contribution in [0, 0.1) is 18.7 Å². The SMILES string of the molecule is Cc1ccc(C(=O)CC2CC2)cc1F. The molecule has 0 heterocycles. The zero-order valence-corrected chi connectivity index (χ0v) is 8.22. The second-order valence-electron chi connectivity index (χ2n) is 4.03. The zero-order chi connectivity index (χ0) is 10.1. The van der Waals surface area contributed by atoms with Gasteiger partial charge in [0.1, 0.15) is 5.82 Å². The molecule has 1 aromatic carbocycles. The second kappa shape index (κ2) is 3.52. The van der Waals surface area contributed by atoms with Crippen molar-refractivity contribution in [2.75, 3.05) is 0 Å². The van der Waals surface area contributed by atoms with Crippen LogP contribution in [0.1, 0.15) is 35.2 Å². The fraction of sp³-hybridized carbons (Fsp3) is 0.417.